The monoisotopic (exact) mass is 421 g/mol. The van der Waals surface area contributed by atoms with Gasteiger partial charge in [-0.2, -0.15) is 10.2 Å². The highest BCUT2D eigenvalue weighted by atomic mass is 79.9. The molecule has 0 aliphatic carbocycles. The Morgan fingerprint density at radius 3 is 2.70 bits per heavy atom. The van der Waals surface area contributed by atoms with E-state index in [1.807, 2.05) is 48.7 Å². The Bertz CT molecular complexity index is 1070. The fourth-order valence-corrected chi connectivity index (χ4v) is 3.16. The van der Waals surface area contributed by atoms with E-state index in [4.69, 9.17) is 0 Å². The molecule has 0 saturated heterocycles. The summed E-state index contributed by atoms with van der Waals surface area (Å²) in [6, 6.07) is 18.9. The van der Waals surface area contributed by atoms with E-state index in [9.17, 15) is 4.79 Å². The number of hydrogen-bond donors (Lipinski definition) is 1. The lowest BCUT2D eigenvalue weighted by Gasteiger charge is -2.11. The maximum absolute atomic E-state index is 12.7. The van der Waals surface area contributed by atoms with E-state index in [1.54, 1.807) is 40.0 Å². The fraction of sp³-hybridized carbons (Fsp3) is 0.0500. The molecule has 0 spiro atoms. The van der Waals surface area contributed by atoms with Crippen molar-refractivity contribution in [1.82, 2.24) is 19.6 Å². The molecule has 1 N–H and O–H groups in total. The van der Waals surface area contributed by atoms with E-state index >= 15 is 0 Å². The minimum Gasteiger partial charge on any atom is -0.307 e. The number of nitrogens with zero attached hydrogens (tertiary/aromatic N) is 4. The summed E-state index contributed by atoms with van der Waals surface area (Å²) in [5, 5.41) is 11.5. The first-order valence-corrected chi connectivity index (χ1v) is 9.17. The molecule has 2 heterocycles. The van der Waals surface area contributed by atoms with Gasteiger partial charge in [-0.3, -0.25) is 4.79 Å². The third-order valence-electron chi connectivity index (χ3n) is 4.11. The number of amides is 1. The lowest BCUT2D eigenvalue weighted by atomic mass is 10.2. The van der Waals surface area contributed by atoms with Crippen molar-refractivity contribution in [3.8, 4) is 5.69 Å². The summed E-state index contributed by atoms with van der Waals surface area (Å²) in [5.74, 6) is 0.443. The zero-order valence-electron chi connectivity index (χ0n) is 14.3. The fourth-order valence-electron chi connectivity index (χ4n) is 2.75. The van der Waals surface area contributed by atoms with Crippen LogP contribution < -0.4 is 5.32 Å². The molecule has 6 nitrogen and oxygen atoms in total. The average Bonchev–Trinajstić information content (AvgIpc) is 3.36. The van der Waals surface area contributed by atoms with Crippen molar-refractivity contribution in [2.24, 2.45) is 0 Å². The highest BCUT2D eigenvalue weighted by Crippen LogP contribution is 2.19. The normalized spacial score (nSPS) is 10.7. The smallest absolute Gasteiger partial charge is 0.256 e. The van der Waals surface area contributed by atoms with Crippen LogP contribution in [0.25, 0.3) is 5.69 Å². The molecule has 0 unspecified atom stereocenters. The molecule has 2 aromatic carbocycles. The maximum Gasteiger partial charge on any atom is 0.256 e. The van der Waals surface area contributed by atoms with Gasteiger partial charge in [0.25, 0.3) is 5.91 Å². The van der Waals surface area contributed by atoms with Crippen LogP contribution in [-0.4, -0.2) is 25.5 Å². The van der Waals surface area contributed by atoms with Gasteiger partial charge < -0.3 is 5.32 Å². The molecule has 27 heavy (non-hydrogen) atoms. The molecule has 4 rings (SSSR count). The number of rotatable bonds is 5. The lowest BCUT2D eigenvalue weighted by molar-refractivity contribution is 0.102. The molecule has 0 fully saturated rings. The Balaban J connectivity index is 1.54. The molecule has 0 atom stereocenters. The van der Waals surface area contributed by atoms with Crippen molar-refractivity contribution in [3.63, 3.8) is 0 Å². The summed E-state index contributed by atoms with van der Waals surface area (Å²) in [6.45, 7) is 0.553. The van der Waals surface area contributed by atoms with Crippen molar-refractivity contribution >= 4 is 27.7 Å². The molecule has 0 aliphatic heterocycles. The second-order valence-corrected chi connectivity index (χ2v) is 6.77. The molecule has 1 amide bonds. The number of hydrogen-bond acceptors (Lipinski definition) is 3. The van der Waals surface area contributed by atoms with E-state index in [2.05, 4.69) is 31.4 Å². The van der Waals surface area contributed by atoms with Gasteiger partial charge in [0, 0.05) is 28.5 Å². The second kappa shape index (κ2) is 7.59. The largest absolute Gasteiger partial charge is 0.307 e. The van der Waals surface area contributed by atoms with E-state index in [1.165, 1.54) is 0 Å². The minimum atomic E-state index is -0.196. The van der Waals surface area contributed by atoms with E-state index < -0.39 is 0 Å². The molecule has 2 aromatic heterocycles. The summed E-state index contributed by atoms with van der Waals surface area (Å²) < 4.78 is 4.48. The summed E-state index contributed by atoms with van der Waals surface area (Å²) in [6.07, 6.45) is 5.21. The van der Waals surface area contributed by atoms with Gasteiger partial charge in [-0.25, -0.2) is 9.36 Å². The van der Waals surface area contributed by atoms with Crippen LogP contribution in [0.15, 0.2) is 83.7 Å². The van der Waals surface area contributed by atoms with Crippen molar-refractivity contribution in [1.29, 1.82) is 0 Å². The molecule has 0 aliphatic rings. The number of benzene rings is 2. The minimum absolute atomic E-state index is 0.196. The van der Waals surface area contributed by atoms with Crippen LogP contribution in [0.3, 0.4) is 0 Å². The topological polar surface area (TPSA) is 64.7 Å². The Labute approximate surface area is 164 Å². The van der Waals surface area contributed by atoms with Gasteiger partial charge in [0.15, 0.2) is 0 Å². The quantitative estimate of drug-likeness (QED) is 0.526. The van der Waals surface area contributed by atoms with E-state index in [0.717, 1.165) is 15.7 Å². The number of halogens is 1. The van der Waals surface area contributed by atoms with Gasteiger partial charge in [0.2, 0.25) is 0 Å². The van der Waals surface area contributed by atoms with Crippen LogP contribution in [-0.2, 0) is 6.54 Å². The van der Waals surface area contributed by atoms with Crippen molar-refractivity contribution in [2.75, 3.05) is 5.32 Å². The van der Waals surface area contributed by atoms with Crippen LogP contribution >= 0.6 is 15.9 Å². The van der Waals surface area contributed by atoms with Crippen LogP contribution in [0.2, 0.25) is 0 Å². The predicted octanol–water partition coefficient (Wildman–Crippen LogP) is 4.13. The molecule has 4 aromatic rings. The number of carbonyl (C=O) groups is 1. The first-order valence-electron chi connectivity index (χ1n) is 8.37. The highest BCUT2D eigenvalue weighted by molar-refractivity contribution is 9.10. The Morgan fingerprint density at radius 2 is 1.89 bits per heavy atom. The van der Waals surface area contributed by atoms with Gasteiger partial charge in [0.1, 0.15) is 5.82 Å². The van der Waals surface area contributed by atoms with Crippen LogP contribution in [0.5, 0.6) is 0 Å². The number of anilines is 1. The van der Waals surface area contributed by atoms with Gasteiger partial charge in [-0.15, -0.1) is 0 Å². The Kier molecular flexibility index (Phi) is 4.84. The summed E-state index contributed by atoms with van der Waals surface area (Å²) >= 11 is 3.54. The standard InChI is InChI=1S/C20H16BrN5O/c21-18-8-2-1-5-16(18)14-26-19(9-11-23-26)24-20(27)15-6-3-7-17(13-15)25-12-4-10-22-25/h1-13H,14H2,(H,24,27). The first-order chi connectivity index (χ1) is 13.2. The van der Waals surface area contributed by atoms with Crippen LogP contribution in [0.4, 0.5) is 5.82 Å². The first kappa shape index (κ1) is 17.2. The van der Waals surface area contributed by atoms with Crippen molar-refractivity contribution < 1.29 is 4.79 Å². The SMILES string of the molecule is O=C(Nc1ccnn1Cc1ccccc1Br)c1cccc(-n2cccn2)c1. The molecule has 7 heteroatoms. The van der Waals surface area contributed by atoms with Crippen molar-refractivity contribution in [3.05, 3.63) is 94.9 Å². The molecular weight excluding hydrogens is 406 g/mol. The molecule has 0 radical (unpaired) electrons. The Hall–Kier alpha value is -3.19. The van der Waals surface area contributed by atoms with E-state index in [-0.39, 0.29) is 5.91 Å². The molecular formula is C20H16BrN5O. The summed E-state index contributed by atoms with van der Waals surface area (Å²) in [4.78, 5) is 12.7. The van der Waals surface area contributed by atoms with Crippen LogP contribution in [0, 0.1) is 0 Å². The van der Waals surface area contributed by atoms with Gasteiger partial charge in [-0.05, 0) is 35.9 Å². The average molecular weight is 422 g/mol. The third kappa shape index (κ3) is 3.83. The lowest BCUT2D eigenvalue weighted by Crippen LogP contribution is -2.16. The van der Waals surface area contributed by atoms with E-state index in [0.29, 0.717) is 17.9 Å². The third-order valence-corrected chi connectivity index (χ3v) is 4.89. The van der Waals surface area contributed by atoms with Crippen LogP contribution in [0.1, 0.15) is 15.9 Å². The second-order valence-electron chi connectivity index (χ2n) is 5.92. The Morgan fingerprint density at radius 1 is 1.00 bits per heavy atom. The summed E-state index contributed by atoms with van der Waals surface area (Å²) in [7, 11) is 0. The molecule has 134 valence electrons. The highest BCUT2D eigenvalue weighted by Gasteiger charge is 2.12. The summed E-state index contributed by atoms with van der Waals surface area (Å²) in [5.41, 5.74) is 2.46. The van der Waals surface area contributed by atoms with Gasteiger partial charge >= 0.3 is 0 Å². The maximum atomic E-state index is 12.7. The van der Waals surface area contributed by atoms with Gasteiger partial charge in [0.05, 0.1) is 18.4 Å². The molecule has 0 saturated carbocycles. The predicted molar refractivity (Wildman–Crippen MR) is 107 cm³/mol. The molecule has 0 bridgehead atoms. The van der Waals surface area contributed by atoms with Gasteiger partial charge in [-0.1, -0.05) is 40.2 Å². The number of carbonyl (C=O) groups excluding carboxylic acids is 1. The zero-order chi connectivity index (χ0) is 18.6. The zero-order valence-corrected chi connectivity index (χ0v) is 15.9. The van der Waals surface area contributed by atoms with Crippen molar-refractivity contribution in [2.45, 2.75) is 6.54 Å². The number of nitrogens with one attached hydrogen (secondary N) is 1. The number of aromatic nitrogens is 4.